The van der Waals surface area contributed by atoms with Crippen LogP contribution in [0.25, 0.3) is 0 Å². The summed E-state index contributed by atoms with van der Waals surface area (Å²) in [4.78, 5) is 11.5. The highest BCUT2D eigenvalue weighted by Crippen LogP contribution is 2.19. The third-order valence-corrected chi connectivity index (χ3v) is 2.25. The van der Waals surface area contributed by atoms with Crippen LogP contribution in [-0.2, 0) is 4.74 Å². The summed E-state index contributed by atoms with van der Waals surface area (Å²) in [7, 11) is 0. The molecule has 0 saturated carbocycles. The fourth-order valence-electron chi connectivity index (χ4n) is 1.22. The van der Waals surface area contributed by atoms with E-state index in [-0.39, 0.29) is 12.3 Å². The van der Waals surface area contributed by atoms with Crippen LogP contribution in [0, 0.1) is 17.6 Å². The molecule has 0 aromatic heterocycles. The average molecular weight is 243 g/mol. The zero-order valence-corrected chi connectivity index (χ0v) is 9.80. The van der Waals surface area contributed by atoms with Crippen molar-refractivity contribution < 1.29 is 18.3 Å². The van der Waals surface area contributed by atoms with E-state index in [0.29, 0.717) is 12.3 Å². The number of hydrogen-bond donors (Lipinski definition) is 1. The fraction of sp³-hybridized carbons (Fsp3) is 0.417. The van der Waals surface area contributed by atoms with E-state index in [9.17, 15) is 13.6 Å². The molecular weight excluding hydrogens is 228 g/mol. The van der Waals surface area contributed by atoms with Crippen LogP contribution >= 0.6 is 0 Å². The molecule has 0 radical (unpaired) electrons. The Bertz CT molecular complexity index is 419. The molecule has 0 aliphatic rings. The van der Waals surface area contributed by atoms with Crippen molar-refractivity contribution in [2.24, 2.45) is 5.92 Å². The number of carbonyl (C=O) groups is 1. The van der Waals surface area contributed by atoms with E-state index < -0.39 is 23.2 Å². The minimum Gasteiger partial charge on any atom is -0.462 e. The Hall–Kier alpha value is -1.65. The molecule has 0 unspecified atom stereocenters. The summed E-state index contributed by atoms with van der Waals surface area (Å²) in [6.45, 7) is 4.04. The van der Waals surface area contributed by atoms with Crippen LogP contribution in [-0.4, -0.2) is 12.6 Å². The van der Waals surface area contributed by atoms with E-state index in [0.717, 1.165) is 12.1 Å². The minimum atomic E-state index is -1.07. The second-order valence-corrected chi connectivity index (χ2v) is 4.14. The molecule has 0 aliphatic carbocycles. The number of nitrogens with two attached hydrogens (primary N) is 1. The molecule has 0 bridgehead atoms. The van der Waals surface area contributed by atoms with Gasteiger partial charge in [-0.2, -0.15) is 0 Å². The zero-order valence-electron chi connectivity index (χ0n) is 9.80. The fourth-order valence-corrected chi connectivity index (χ4v) is 1.22. The van der Waals surface area contributed by atoms with Gasteiger partial charge in [0.05, 0.1) is 12.3 Å². The molecule has 1 aromatic carbocycles. The van der Waals surface area contributed by atoms with E-state index in [1.54, 1.807) is 0 Å². The first kappa shape index (κ1) is 13.4. The van der Waals surface area contributed by atoms with Crippen molar-refractivity contribution in [3.05, 3.63) is 29.3 Å². The molecule has 0 saturated heterocycles. The summed E-state index contributed by atoms with van der Waals surface area (Å²) < 4.78 is 31.5. The molecule has 3 nitrogen and oxygen atoms in total. The zero-order chi connectivity index (χ0) is 13.0. The first-order chi connectivity index (χ1) is 7.93. The van der Waals surface area contributed by atoms with Crippen molar-refractivity contribution in [1.29, 1.82) is 0 Å². The number of esters is 1. The number of hydrogen-bond acceptors (Lipinski definition) is 3. The SMILES string of the molecule is CC(C)CCOC(=O)c1c(F)ccc(N)c1F. The smallest absolute Gasteiger partial charge is 0.344 e. The largest absolute Gasteiger partial charge is 0.462 e. The minimum absolute atomic E-state index is 0.129. The molecule has 0 atom stereocenters. The maximum Gasteiger partial charge on any atom is 0.344 e. The summed E-state index contributed by atoms with van der Waals surface area (Å²) in [5.41, 5.74) is 4.25. The maximum atomic E-state index is 13.4. The molecule has 0 heterocycles. The second kappa shape index (κ2) is 5.61. The van der Waals surface area contributed by atoms with Crippen LogP contribution in [0.5, 0.6) is 0 Å². The van der Waals surface area contributed by atoms with Gasteiger partial charge in [-0.25, -0.2) is 13.6 Å². The first-order valence-corrected chi connectivity index (χ1v) is 5.34. The number of benzene rings is 1. The number of ether oxygens (including phenoxy) is 1. The van der Waals surface area contributed by atoms with Gasteiger partial charge < -0.3 is 10.5 Å². The van der Waals surface area contributed by atoms with Gasteiger partial charge in [-0.15, -0.1) is 0 Å². The summed E-state index contributed by atoms with van der Waals surface area (Å²) >= 11 is 0. The highest BCUT2D eigenvalue weighted by atomic mass is 19.1. The van der Waals surface area contributed by atoms with Gasteiger partial charge in [0.25, 0.3) is 0 Å². The molecule has 0 amide bonds. The molecular formula is C12H15F2NO2. The molecule has 0 spiro atoms. The third-order valence-electron chi connectivity index (χ3n) is 2.25. The third kappa shape index (κ3) is 3.41. The Labute approximate surface area is 98.6 Å². The summed E-state index contributed by atoms with van der Waals surface area (Å²) in [5, 5.41) is 0. The second-order valence-electron chi connectivity index (χ2n) is 4.14. The Morgan fingerprint density at radius 3 is 2.65 bits per heavy atom. The first-order valence-electron chi connectivity index (χ1n) is 5.34. The molecule has 0 fully saturated rings. The van der Waals surface area contributed by atoms with Crippen LogP contribution in [0.2, 0.25) is 0 Å². The van der Waals surface area contributed by atoms with Gasteiger partial charge in [0.1, 0.15) is 11.4 Å². The highest BCUT2D eigenvalue weighted by molar-refractivity contribution is 5.91. The van der Waals surface area contributed by atoms with Gasteiger partial charge in [-0.3, -0.25) is 0 Å². The molecule has 2 N–H and O–H groups in total. The number of nitrogen functional groups attached to an aromatic ring is 1. The number of carbonyl (C=O) groups excluding carboxylic acids is 1. The quantitative estimate of drug-likeness (QED) is 0.653. The van der Waals surface area contributed by atoms with Gasteiger partial charge in [-0.05, 0) is 24.5 Å². The van der Waals surface area contributed by atoms with E-state index >= 15 is 0 Å². The van der Waals surface area contributed by atoms with Crippen molar-refractivity contribution in [3.63, 3.8) is 0 Å². The molecule has 0 aliphatic heterocycles. The standard InChI is InChI=1S/C12H15F2NO2/c1-7(2)5-6-17-12(16)10-8(13)3-4-9(15)11(10)14/h3-4,7H,5-6,15H2,1-2H3. The van der Waals surface area contributed by atoms with Gasteiger partial charge >= 0.3 is 5.97 Å². The van der Waals surface area contributed by atoms with Gasteiger partial charge in [0, 0.05) is 0 Å². The van der Waals surface area contributed by atoms with Crippen molar-refractivity contribution in [3.8, 4) is 0 Å². The van der Waals surface area contributed by atoms with Crippen LogP contribution in [0.15, 0.2) is 12.1 Å². The lowest BCUT2D eigenvalue weighted by atomic mass is 10.1. The maximum absolute atomic E-state index is 13.4. The van der Waals surface area contributed by atoms with Crippen LogP contribution in [0.3, 0.4) is 0 Å². The molecule has 5 heteroatoms. The Kier molecular flexibility index (Phi) is 4.43. The monoisotopic (exact) mass is 243 g/mol. The Balaban J connectivity index is 2.79. The predicted octanol–water partition coefficient (Wildman–Crippen LogP) is 2.75. The van der Waals surface area contributed by atoms with Crippen molar-refractivity contribution >= 4 is 11.7 Å². The molecule has 1 rings (SSSR count). The summed E-state index contributed by atoms with van der Waals surface area (Å²) in [5.74, 6) is -2.71. The van der Waals surface area contributed by atoms with Gasteiger partial charge in [-0.1, -0.05) is 13.8 Å². The Morgan fingerprint density at radius 1 is 1.41 bits per heavy atom. The number of halogens is 2. The van der Waals surface area contributed by atoms with Gasteiger partial charge in [0.2, 0.25) is 0 Å². The average Bonchev–Trinajstić information content (AvgIpc) is 2.23. The van der Waals surface area contributed by atoms with Crippen molar-refractivity contribution in [2.75, 3.05) is 12.3 Å². The lowest BCUT2D eigenvalue weighted by Crippen LogP contribution is -2.13. The van der Waals surface area contributed by atoms with E-state index in [4.69, 9.17) is 10.5 Å². The topological polar surface area (TPSA) is 52.3 Å². The van der Waals surface area contributed by atoms with Gasteiger partial charge in [0.15, 0.2) is 5.82 Å². The van der Waals surface area contributed by atoms with Crippen molar-refractivity contribution in [2.45, 2.75) is 20.3 Å². The van der Waals surface area contributed by atoms with E-state index in [1.807, 2.05) is 13.8 Å². The van der Waals surface area contributed by atoms with Crippen LogP contribution < -0.4 is 5.73 Å². The van der Waals surface area contributed by atoms with Crippen LogP contribution in [0.1, 0.15) is 30.6 Å². The predicted molar refractivity (Wildman–Crippen MR) is 60.5 cm³/mol. The summed E-state index contributed by atoms with van der Waals surface area (Å²) in [6, 6.07) is 2.01. The molecule has 94 valence electrons. The normalized spacial score (nSPS) is 10.6. The van der Waals surface area contributed by atoms with Crippen molar-refractivity contribution in [1.82, 2.24) is 0 Å². The molecule has 17 heavy (non-hydrogen) atoms. The highest BCUT2D eigenvalue weighted by Gasteiger charge is 2.20. The van der Waals surface area contributed by atoms with Crippen LogP contribution in [0.4, 0.5) is 14.5 Å². The molecule has 1 aromatic rings. The Morgan fingerprint density at radius 2 is 2.06 bits per heavy atom. The van der Waals surface area contributed by atoms with E-state index in [1.165, 1.54) is 0 Å². The summed E-state index contributed by atoms with van der Waals surface area (Å²) in [6.07, 6.45) is 0.636. The van der Waals surface area contributed by atoms with E-state index in [2.05, 4.69) is 0 Å². The lowest BCUT2D eigenvalue weighted by molar-refractivity contribution is 0.0477. The number of anilines is 1. The lowest BCUT2D eigenvalue weighted by Gasteiger charge is -2.09. The number of rotatable bonds is 4.